The Morgan fingerprint density at radius 2 is 1.80 bits per heavy atom. The second-order valence-electron chi connectivity index (χ2n) is 5.07. The van der Waals surface area contributed by atoms with Crippen LogP contribution in [0.2, 0.25) is 0 Å². The number of methoxy groups -OCH3 is 2. The molecule has 1 aliphatic heterocycles. The van der Waals surface area contributed by atoms with Crippen molar-refractivity contribution in [2.75, 3.05) is 37.9 Å². The Kier molecular flexibility index (Phi) is 3.46. The number of anilines is 2. The summed E-state index contributed by atoms with van der Waals surface area (Å²) in [4.78, 5) is 6.89. The molecule has 2 N–H and O–H groups in total. The Bertz CT molecular complexity index is 605. The molecular formula is C15H19N3O2. The quantitative estimate of drug-likeness (QED) is 0.862. The van der Waals surface area contributed by atoms with Gasteiger partial charge in [-0.1, -0.05) is 0 Å². The van der Waals surface area contributed by atoms with Gasteiger partial charge < -0.3 is 20.1 Å². The third-order valence-corrected chi connectivity index (χ3v) is 3.84. The number of aromatic nitrogens is 1. The highest BCUT2D eigenvalue weighted by Gasteiger charge is 2.33. The Balaban J connectivity index is 1.89. The summed E-state index contributed by atoms with van der Waals surface area (Å²) in [6.45, 7) is 1.59. The van der Waals surface area contributed by atoms with Crippen LogP contribution in [0.4, 0.5) is 11.5 Å². The molecular weight excluding hydrogens is 254 g/mol. The zero-order valence-corrected chi connectivity index (χ0v) is 11.7. The average Bonchev–Trinajstić information content (AvgIpc) is 2.90. The van der Waals surface area contributed by atoms with Crippen LogP contribution in [-0.2, 0) is 9.47 Å². The molecule has 2 unspecified atom stereocenters. The molecule has 0 amide bonds. The van der Waals surface area contributed by atoms with E-state index in [2.05, 4.69) is 11.0 Å². The molecule has 1 saturated heterocycles. The van der Waals surface area contributed by atoms with Crippen LogP contribution in [0, 0.1) is 0 Å². The Labute approximate surface area is 118 Å². The second-order valence-corrected chi connectivity index (χ2v) is 5.07. The maximum atomic E-state index is 5.79. The Morgan fingerprint density at radius 1 is 1.10 bits per heavy atom. The molecule has 106 valence electrons. The minimum absolute atomic E-state index is 0.0870. The van der Waals surface area contributed by atoms with Crippen LogP contribution in [0.3, 0.4) is 0 Å². The van der Waals surface area contributed by atoms with Gasteiger partial charge in [0, 0.05) is 38.4 Å². The number of hydrogen-bond donors (Lipinski definition) is 1. The van der Waals surface area contributed by atoms with Crippen LogP contribution >= 0.6 is 0 Å². The molecule has 2 atom stereocenters. The van der Waals surface area contributed by atoms with Crippen LogP contribution in [0.1, 0.15) is 0 Å². The second kappa shape index (κ2) is 5.26. The number of pyridine rings is 1. The topological polar surface area (TPSA) is 60.6 Å². The molecule has 0 bridgehead atoms. The van der Waals surface area contributed by atoms with E-state index in [9.17, 15) is 0 Å². The van der Waals surface area contributed by atoms with Crippen LogP contribution in [0.15, 0.2) is 30.3 Å². The molecule has 0 radical (unpaired) electrons. The summed E-state index contributed by atoms with van der Waals surface area (Å²) < 4.78 is 10.9. The van der Waals surface area contributed by atoms with Gasteiger partial charge in [-0.2, -0.15) is 0 Å². The first-order valence-electron chi connectivity index (χ1n) is 6.68. The lowest BCUT2D eigenvalue weighted by molar-refractivity contribution is -0.00461. The van der Waals surface area contributed by atoms with E-state index in [4.69, 9.17) is 20.2 Å². The predicted molar refractivity (Wildman–Crippen MR) is 80.0 cm³/mol. The maximum Gasteiger partial charge on any atom is 0.129 e. The first-order valence-corrected chi connectivity index (χ1v) is 6.68. The molecule has 1 aliphatic rings. The molecule has 3 rings (SSSR count). The molecule has 2 aromatic rings. The largest absolute Gasteiger partial charge is 0.399 e. The fourth-order valence-electron chi connectivity index (χ4n) is 2.69. The number of nitrogens with two attached hydrogens (primary N) is 1. The van der Waals surface area contributed by atoms with Crippen molar-refractivity contribution < 1.29 is 9.47 Å². The molecule has 2 heterocycles. The van der Waals surface area contributed by atoms with Crippen molar-refractivity contribution in [1.29, 1.82) is 0 Å². The lowest BCUT2D eigenvalue weighted by atomic mass is 10.2. The van der Waals surface area contributed by atoms with Crippen LogP contribution in [0.25, 0.3) is 10.9 Å². The number of benzene rings is 1. The third-order valence-electron chi connectivity index (χ3n) is 3.84. The van der Waals surface area contributed by atoms with Gasteiger partial charge in [-0.25, -0.2) is 4.98 Å². The summed E-state index contributed by atoms with van der Waals surface area (Å²) >= 11 is 0. The zero-order valence-electron chi connectivity index (χ0n) is 11.7. The van der Waals surface area contributed by atoms with Crippen molar-refractivity contribution in [1.82, 2.24) is 4.98 Å². The number of fused-ring (bicyclic) bond motifs is 1. The molecule has 20 heavy (non-hydrogen) atoms. The summed E-state index contributed by atoms with van der Waals surface area (Å²) in [5.41, 5.74) is 7.49. The van der Waals surface area contributed by atoms with E-state index in [1.54, 1.807) is 14.2 Å². The number of nitrogen functional groups attached to an aromatic ring is 1. The van der Waals surface area contributed by atoms with Crippen molar-refractivity contribution in [2.45, 2.75) is 12.2 Å². The highest BCUT2D eigenvalue weighted by atomic mass is 16.5. The van der Waals surface area contributed by atoms with E-state index in [0.29, 0.717) is 0 Å². The summed E-state index contributed by atoms with van der Waals surface area (Å²) in [6.07, 6.45) is 0.174. The number of rotatable bonds is 3. The Morgan fingerprint density at radius 3 is 2.45 bits per heavy atom. The van der Waals surface area contributed by atoms with Crippen LogP contribution < -0.4 is 10.6 Å². The van der Waals surface area contributed by atoms with Crippen LogP contribution in [0.5, 0.6) is 0 Å². The lowest BCUT2D eigenvalue weighted by Crippen LogP contribution is -2.27. The lowest BCUT2D eigenvalue weighted by Gasteiger charge is -2.17. The summed E-state index contributed by atoms with van der Waals surface area (Å²) in [6, 6.07) is 9.83. The normalized spacial score (nSPS) is 22.6. The fourth-order valence-corrected chi connectivity index (χ4v) is 2.69. The standard InChI is InChI=1S/C15H19N3O2/c1-19-13-8-18(9-14(13)20-2)15-6-3-10-7-11(16)4-5-12(10)17-15/h3-7,13-14H,8-9,16H2,1-2H3. The van der Waals surface area contributed by atoms with E-state index in [0.717, 1.165) is 35.5 Å². The average molecular weight is 273 g/mol. The smallest absolute Gasteiger partial charge is 0.129 e. The first kappa shape index (κ1) is 13.1. The molecule has 0 saturated carbocycles. The van der Waals surface area contributed by atoms with E-state index >= 15 is 0 Å². The van der Waals surface area contributed by atoms with E-state index in [1.807, 2.05) is 24.3 Å². The number of hydrogen-bond acceptors (Lipinski definition) is 5. The first-order chi connectivity index (χ1) is 9.71. The summed E-state index contributed by atoms with van der Waals surface area (Å²) in [5, 5.41) is 1.06. The minimum atomic E-state index is 0.0870. The number of nitrogens with zero attached hydrogens (tertiary/aromatic N) is 2. The molecule has 1 aromatic heterocycles. The summed E-state index contributed by atoms with van der Waals surface area (Å²) in [5.74, 6) is 0.948. The van der Waals surface area contributed by atoms with E-state index < -0.39 is 0 Å². The van der Waals surface area contributed by atoms with Gasteiger partial charge in [0.15, 0.2) is 0 Å². The van der Waals surface area contributed by atoms with Gasteiger partial charge in [0.1, 0.15) is 18.0 Å². The molecule has 5 nitrogen and oxygen atoms in total. The van der Waals surface area contributed by atoms with Crippen molar-refractivity contribution in [3.63, 3.8) is 0 Å². The van der Waals surface area contributed by atoms with Gasteiger partial charge in [-0.15, -0.1) is 0 Å². The highest BCUT2D eigenvalue weighted by molar-refractivity contribution is 5.83. The number of ether oxygens (including phenoxy) is 2. The van der Waals surface area contributed by atoms with Gasteiger partial charge in [0.2, 0.25) is 0 Å². The fraction of sp³-hybridized carbons (Fsp3) is 0.400. The SMILES string of the molecule is COC1CN(c2ccc3cc(N)ccc3n2)CC1OC. The van der Waals surface area contributed by atoms with Crippen molar-refractivity contribution in [3.05, 3.63) is 30.3 Å². The highest BCUT2D eigenvalue weighted by Crippen LogP contribution is 2.25. The summed E-state index contributed by atoms with van der Waals surface area (Å²) in [7, 11) is 3.44. The minimum Gasteiger partial charge on any atom is -0.399 e. The zero-order chi connectivity index (χ0) is 14.1. The molecule has 0 aliphatic carbocycles. The van der Waals surface area contributed by atoms with Gasteiger partial charge in [-0.3, -0.25) is 0 Å². The van der Waals surface area contributed by atoms with Crippen LogP contribution in [-0.4, -0.2) is 44.5 Å². The van der Waals surface area contributed by atoms with E-state index in [-0.39, 0.29) is 12.2 Å². The van der Waals surface area contributed by atoms with Crippen molar-refractivity contribution in [2.24, 2.45) is 0 Å². The van der Waals surface area contributed by atoms with Crippen molar-refractivity contribution >= 4 is 22.4 Å². The van der Waals surface area contributed by atoms with Gasteiger partial charge >= 0.3 is 0 Å². The van der Waals surface area contributed by atoms with Gasteiger partial charge in [0.25, 0.3) is 0 Å². The molecule has 0 spiro atoms. The van der Waals surface area contributed by atoms with Gasteiger partial charge in [0.05, 0.1) is 5.52 Å². The van der Waals surface area contributed by atoms with E-state index in [1.165, 1.54) is 0 Å². The maximum absolute atomic E-state index is 5.79. The molecule has 1 fully saturated rings. The monoisotopic (exact) mass is 273 g/mol. The predicted octanol–water partition coefficient (Wildman–Crippen LogP) is 1.67. The van der Waals surface area contributed by atoms with Gasteiger partial charge in [-0.05, 0) is 30.3 Å². The molecule has 5 heteroatoms. The van der Waals surface area contributed by atoms with Crippen molar-refractivity contribution in [3.8, 4) is 0 Å². The Hall–Kier alpha value is -1.85. The molecule has 1 aromatic carbocycles. The third kappa shape index (κ3) is 2.30.